The van der Waals surface area contributed by atoms with Crippen LogP contribution in [0.1, 0.15) is 6.42 Å². The van der Waals surface area contributed by atoms with Crippen LogP contribution in [0, 0.1) is 17.8 Å². The number of methoxy groups -OCH3 is 1. The number of hydrogen-bond donors (Lipinski definition) is 1. The van der Waals surface area contributed by atoms with Crippen LogP contribution in [0.5, 0.6) is 0 Å². The van der Waals surface area contributed by atoms with E-state index in [1.165, 1.54) is 0 Å². The van der Waals surface area contributed by atoms with E-state index in [2.05, 4.69) is 18.7 Å². The second-order valence-corrected chi connectivity index (χ2v) is 4.73. The summed E-state index contributed by atoms with van der Waals surface area (Å²) in [5, 5.41) is 10.7. The van der Waals surface area contributed by atoms with Gasteiger partial charge in [-0.3, -0.25) is 0 Å². The summed E-state index contributed by atoms with van der Waals surface area (Å²) in [7, 11) is 1.60. The van der Waals surface area contributed by atoms with E-state index < -0.39 is 11.4 Å². The van der Waals surface area contributed by atoms with Crippen molar-refractivity contribution in [1.29, 1.82) is 0 Å². The number of hydrogen-bond acceptors (Lipinski definition) is 3. The van der Waals surface area contributed by atoms with Gasteiger partial charge < -0.3 is 14.6 Å². The second-order valence-electron chi connectivity index (χ2n) is 4.73. The maximum absolute atomic E-state index is 10.7. The molecule has 2 fully saturated rings. The zero-order chi connectivity index (χ0) is 10.7. The Balaban J connectivity index is 2.18. The lowest BCUT2D eigenvalue weighted by molar-refractivity contribution is -0.307. The molecule has 1 heterocycles. The number of rotatable bonds is 2. The van der Waals surface area contributed by atoms with Crippen molar-refractivity contribution in [2.24, 2.45) is 17.8 Å². The van der Waals surface area contributed by atoms with Crippen molar-refractivity contribution in [1.82, 2.24) is 0 Å². The van der Waals surface area contributed by atoms with Crippen LogP contribution in [-0.2, 0) is 9.47 Å². The topological polar surface area (TPSA) is 38.7 Å². The van der Waals surface area contributed by atoms with E-state index in [-0.39, 0.29) is 11.8 Å². The molecule has 3 aliphatic carbocycles. The fraction of sp³-hybridized carbons (Fsp3) is 0.667. The molecule has 15 heavy (non-hydrogen) atoms. The summed E-state index contributed by atoms with van der Waals surface area (Å²) in [6.07, 6.45) is 6.76. The molecule has 0 aromatic carbocycles. The van der Waals surface area contributed by atoms with Gasteiger partial charge in [0.15, 0.2) is 0 Å². The van der Waals surface area contributed by atoms with Gasteiger partial charge in [0.05, 0.1) is 6.61 Å². The summed E-state index contributed by atoms with van der Waals surface area (Å²) in [5.41, 5.74) is -1.08. The third-order valence-electron chi connectivity index (χ3n) is 4.30. The molecule has 0 spiro atoms. The summed E-state index contributed by atoms with van der Waals surface area (Å²) >= 11 is 0. The Kier molecular flexibility index (Phi) is 1.74. The highest BCUT2D eigenvalue weighted by atomic mass is 16.7. The smallest absolute Gasteiger partial charge is 0.208 e. The normalized spacial score (nSPS) is 56.0. The summed E-state index contributed by atoms with van der Waals surface area (Å²) in [5.74, 6) is -0.167. The van der Waals surface area contributed by atoms with Gasteiger partial charge in [-0.2, -0.15) is 0 Å². The Morgan fingerprint density at radius 2 is 2.40 bits per heavy atom. The first kappa shape index (κ1) is 9.58. The van der Waals surface area contributed by atoms with Gasteiger partial charge in [0, 0.05) is 18.9 Å². The molecule has 0 aromatic rings. The van der Waals surface area contributed by atoms with Gasteiger partial charge in [-0.25, -0.2) is 0 Å². The minimum absolute atomic E-state index is 0.0763. The van der Waals surface area contributed by atoms with Crippen LogP contribution in [0.3, 0.4) is 0 Å². The van der Waals surface area contributed by atoms with Crippen LogP contribution in [0.15, 0.2) is 24.8 Å². The van der Waals surface area contributed by atoms with E-state index in [0.717, 1.165) is 6.42 Å². The highest BCUT2D eigenvalue weighted by Crippen LogP contribution is 2.59. The van der Waals surface area contributed by atoms with Crippen LogP contribution in [0.4, 0.5) is 0 Å². The molecule has 3 nitrogen and oxygen atoms in total. The van der Waals surface area contributed by atoms with Gasteiger partial charge in [0.25, 0.3) is 0 Å². The highest BCUT2D eigenvalue weighted by molar-refractivity contribution is 5.29. The highest BCUT2D eigenvalue weighted by Gasteiger charge is 2.68. The van der Waals surface area contributed by atoms with Gasteiger partial charge in [-0.15, -0.1) is 6.58 Å². The standard InChI is InChI=1S/C12H16O3/c1-3-11(13)9-4-5-10-8(6-9)7-15-12(10,11)14-2/h3-5,8-10,13H,1,6-7H2,2H3/t8-,9+,10-,11+,12-/m0/s1. The van der Waals surface area contributed by atoms with Gasteiger partial charge >= 0.3 is 0 Å². The first-order valence-electron chi connectivity index (χ1n) is 5.41. The van der Waals surface area contributed by atoms with Gasteiger partial charge in [0.2, 0.25) is 5.79 Å². The van der Waals surface area contributed by atoms with E-state index >= 15 is 0 Å². The van der Waals surface area contributed by atoms with E-state index in [1.807, 2.05) is 0 Å². The van der Waals surface area contributed by atoms with E-state index in [9.17, 15) is 5.11 Å². The van der Waals surface area contributed by atoms with Crippen molar-refractivity contribution in [2.75, 3.05) is 13.7 Å². The van der Waals surface area contributed by atoms with Gasteiger partial charge in [-0.05, 0) is 12.3 Å². The largest absolute Gasteiger partial charge is 0.379 e. The van der Waals surface area contributed by atoms with Crippen molar-refractivity contribution in [3.63, 3.8) is 0 Å². The molecule has 1 saturated carbocycles. The lowest BCUT2D eigenvalue weighted by Crippen LogP contribution is -2.65. The monoisotopic (exact) mass is 208 g/mol. The number of aliphatic hydroxyl groups is 1. The molecule has 3 heteroatoms. The third-order valence-corrected chi connectivity index (χ3v) is 4.30. The lowest BCUT2D eigenvalue weighted by atomic mass is 9.59. The zero-order valence-electron chi connectivity index (χ0n) is 8.85. The van der Waals surface area contributed by atoms with Crippen LogP contribution in [0.2, 0.25) is 0 Å². The van der Waals surface area contributed by atoms with Crippen molar-refractivity contribution in [3.8, 4) is 0 Å². The Labute approximate surface area is 89.4 Å². The van der Waals surface area contributed by atoms with Crippen molar-refractivity contribution in [3.05, 3.63) is 24.8 Å². The fourth-order valence-corrected chi connectivity index (χ4v) is 3.52. The SMILES string of the molecule is C=C[C@@]1(O)[C@@H]2C=C[C@H]3[C@H](CO[C@@]31OC)C2. The maximum Gasteiger partial charge on any atom is 0.208 e. The van der Waals surface area contributed by atoms with Gasteiger partial charge in [0.1, 0.15) is 5.60 Å². The Bertz CT molecular complexity index is 338. The molecule has 1 aliphatic heterocycles. The average Bonchev–Trinajstić information content (AvgIpc) is 2.63. The molecule has 0 unspecified atom stereocenters. The fourth-order valence-electron chi connectivity index (χ4n) is 3.52. The van der Waals surface area contributed by atoms with Crippen molar-refractivity contribution >= 4 is 0 Å². The van der Waals surface area contributed by atoms with Crippen molar-refractivity contribution in [2.45, 2.75) is 17.8 Å². The van der Waals surface area contributed by atoms with Crippen LogP contribution >= 0.6 is 0 Å². The lowest BCUT2D eigenvalue weighted by Gasteiger charge is -2.53. The van der Waals surface area contributed by atoms with E-state index in [4.69, 9.17) is 9.47 Å². The quantitative estimate of drug-likeness (QED) is 0.691. The molecular weight excluding hydrogens is 192 g/mol. The molecule has 0 radical (unpaired) electrons. The second kappa shape index (κ2) is 2.73. The minimum atomic E-state index is -1.08. The summed E-state index contributed by atoms with van der Waals surface area (Å²) in [6, 6.07) is 0. The Hall–Kier alpha value is -0.640. The van der Waals surface area contributed by atoms with Crippen molar-refractivity contribution < 1.29 is 14.6 Å². The third kappa shape index (κ3) is 0.838. The molecule has 4 rings (SSSR count). The molecule has 4 aliphatic rings. The minimum Gasteiger partial charge on any atom is -0.379 e. The molecule has 82 valence electrons. The Morgan fingerprint density at radius 3 is 3.07 bits per heavy atom. The molecule has 0 aromatic heterocycles. The first-order valence-corrected chi connectivity index (χ1v) is 5.41. The zero-order valence-corrected chi connectivity index (χ0v) is 8.85. The van der Waals surface area contributed by atoms with E-state index in [0.29, 0.717) is 12.5 Å². The molecule has 1 saturated heterocycles. The molecule has 1 N–H and O–H groups in total. The molecule has 4 bridgehead atoms. The molecular formula is C12H16O3. The predicted molar refractivity (Wildman–Crippen MR) is 55.1 cm³/mol. The summed E-state index contributed by atoms with van der Waals surface area (Å²) in [4.78, 5) is 0. The average molecular weight is 208 g/mol. The molecule has 5 atom stereocenters. The summed E-state index contributed by atoms with van der Waals surface area (Å²) < 4.78 is 11.3. The Morgan fingerprint density at radius 1 is 1.60 bits per heavy atom. The first-order chi connectivity index (χ1) is 7.18. The van der Waals surface area contributed by atoms with E-state index in [1.54, 1.807) is 13.2 Å². The summed E-state index contributed by atoms with van der Waals surface area (Å²) in [6.45, 7) is 4.42. The maximum atomic E-state index is 10.7. The number of ether oxygens (including phenoxy) is 2. The van der Waals surface area contributed by atoms with Crippen LogP contribution in [0.25, 0.3) is 0 Å². The molecule has 0 amide bonds. The van der Waals surface area contributed by atoms with Gasteiger partial charge in [-0.1, -0.05) is 18.2 Å². The van der Waals surface area contributed by atoms with Crippen LogP contribution in [-0.4, -0.2) is 30.2 Å². The predicted octanol–water partition coefficient (Wildman–Crippen LogP) is 1.10. The van der Waals surface area contributed by atoms with Crippen LogP contribution < -0.4 is 0 Å².